The van der Waals surface area contributed by atoms with Crippen LogP contribution >= 0.6 is 11.8 Å². The van der Waals surface area contributed by atoms with Gasteiger partial charge in [-0.1, -0.05) is 11.8 Å². The van der Waals surface area contributed by atoms with Crippen molar-refractivity contribution in [2.75, 3.05) is 25.9 Å². The first-order chi connectivity index (χ1) is 13.2. The zero-order valence-electron chi connectivity index (χ0n) is 15.1. The van der Waals surface area contributed by atoms with Crippen LogP contribution in [0.2, 0.25) is 0 Å². The lowest BCUT2D eigenvalue weighted by Crippen LogP contribution is -2.47. The molecule has 3 saturated heterocycles. The molecule has 2 amide bonds. The highest BCUT2D eigenvalue weighted by Crippen LogP contribution is 2.30. The molecule has 0 radical (unpaired) electrons. The molecule has 0 aliphatic carbocycles. The summed E-state index contributed by atoms with van der Waals surface area (Å²) >= 11 is 1.45. The van der Waals surface area contributed by atoms with E-state index >= 15 is 0 Å². The van der Waals surface area contributed by atoms with Gasteiger partial charge in [0.25, 0.3) is 11.8 Å². The monoisotopic (exact) mass is 383 g/mol. The van der Waals surface area contributed by atoms with Crippen molar-refractivity contribution in [3.05, 3.63) is 48.0 Å². The van der Waals surface area contributed by atoms with Crippen molar-refractivity contribution in [2.45, 2.75) is 24.0 Å². The number of thioether (sulfide) groups is 1. The van der Waals surface area contributed by atoms with Crippen LogP contribution in [0.25, 0.3) is 0 Å². The maximum absolute atomic E-state index is 13.0. The van der Waals surface area contributed by atoms with Crippen molar-refractivity contribution < 1.29 is 9.59 Å². The molecule has 3 fully saturated rings. The van der Waals surface area contributed by atoms with Gasteiger partial charge in [-0.25, -0.2) is 9.97 Å². The Kier molecular flexibility index (Phi) is 5.07. The first-order valence-corrected chi connectivity index (χ1v) is 10.2. The van der Waals surface area contributed by atoms with Gasteiger partial charge in [-0.15, -0.1) is 0 Å². The lowest BCUT2D eigenvalue weighted by Gasteiger charge is -2.36. The van der Waals surface area contributed by atoms with Gasteiger partial charge in [0.2, 0.25) is 0 Å². The number of nitrogens with zero attached hydrogens (tertiary/aromatic N) is 5. The molecule has 5 rings (SSSR count). The minimum absolute atomic E-state index is 0.0104. The number of rotatable bonds is 3. The second-order valence-corrected chi connectivity index (χ2v) is 7.73. The smallest absolute Gasteiger partial charge is 0.257 e. The zero-order chi connectivity index (χ0) is 18.8. The molecule has 3 aliphatic heterocycles. The Balaban J connectivity index is 1.52. The third-order valence-electron chi connectivity index (χ3n) is 5.25. The van der Waals surface area contributed by atoms with Gasteiger partial charge in [-0.2, -0.15) is 0 Å². The van der Waals surface area contributed by atoms with Gasteiger partial charge in [0.1, 0.15) is 0 Å². The summed E-state index contributed by atoms with van der Waals surface area (Å²) in [6.45, 7) is 1.92. The van der Waals surface area contributed by atoms with Crippen LogP contribution in [0.5, 0.6) is 0 Å². The van der Waals surface area contributed by atoms with Gasteiger partial charge in [-0.05, 0) is 37.1 Å². The number of hydrogen-bond donors (Lipinski definition) is 0. The van der Waals surface area contributed by atoms with E-state index in [1.165, 1.54) is 11.8 Å². The quantitative estimate of drug-likeness (QED) is 0.596. The van der Waals surface area contributed by atoms with E-state index < -0.39 is 0 Å². The minimum atomic E-state index is -0.0458. The Morgan fingerprint density at radius 2 is 1.74 bits per heavy atom. The fourth-order valence-corrected chi connectivity index (χ4v) is 4.19. The molecule has 27 heavy (non-hydrogen) atoms. The summed E-state index contributed by atoms with van der Waals surface area (Å²) in [7, 11) is 0. The molecule has 8 heteroatoms. The molecule has 0 unspecified atom stereocenters. The summed E-state index contributed by atoms with van der Waals surface area (Å²) < 4.78 is 0. The Bertz CT molecular complexity index is 830. The van der Waals surface area contributed by atoms with Gasteiger partial charge < -0.3 is 9.80 Å². The van der Waals surface area contributed by atoms with E-state index in [2.05, 4.69) is 15.0 Å². The fraction of sp³-hybridized carbons (Fsp3) is 0.421. The number of amides is 2. The Morgan fingerprint density at radius 1 is 1.00 bits per heavy atom. The Morgan fingerprint density at radius 3 is 2.44 bits per heavy atom. The van der Waals surface area contributed by atoms with E-state index in [-0.39, 0.29) is 17.9 Å². The Hall–Kier alpha value is -2.48. The SMILES string of the molecule is CSc1ncc(C(=O)N2C[C@H]3CC[C@@H]2CN(C(=O)c2ccncc2)C3)cn1. The molecule has 2 aromatic heterocycles. The zero-order valence-corrected chi connectivity index (χ0v) is 15.9. The van der Waals surface area contributed by atoms with E-state index in [9.17, 15) is 9.59 Å². The third-order valence-corrected chi connectivity index (χ3v) is 5.82. The number of carbonyl (C=O) groups excluding carboxylic acids is 2. The highest BCUT2D eigenvalue weighted by Gasteiger charge is 2.39. The van der Waals surface area contributed by atoms with E-state index in [1.54, 1.807) is 36.9 Å². The topological polar surface area (TPSA) is 79.3 Å². The minimum Gasteiger partial charge on any atom is -0.336 e. The molecule has 5 heterocycles. The van der Waals surface area contributed by atoms with Gasteiger partial charge in [0.05, 0.1) is 5.56 Å². The van der Waals surface area contributed by atoms with Gasteiger partial charge in [-0.3, -0.25) is 14.6 Å². The number of fused-ring (bicyclic) bond motifs is 4. The first-order valence-electron chi connectivity index (χ1n) is 9.02. The van der Waals surface area contributed by atoms with Crippen LogP contribution in [-0.4, -0.2) is 68.5 Å². The average Bonchev–Trinajstić information content (AvgIpc) is 3.05. The molecule has 7 nitrogen and oxygen atoms in total. The molecular formula is C19H21N5O2S. The molecule has 0 spiro atoms. The predicted molar refractivity (Wildman–Crippen MR) is 102 cm³/mol. The van der Waals surface area contributed by atoms with E-state index in [0.29, 0.717) is 41.8 Å². The number of piperidine rings is 1. The maximum Gasteiger partial charge on any atom is 0.257 e. The van der Waals surface area contributed by atoms with Crippen molar-refractivity contribution >= 4 is 23.6 Å². The van der Waals surface area contributed by atoms with E-state index in [4.69, 9.17) is 0 Å². The molecule has 0 N–H and O–H groups in total. The van der Waals surface area contributed by atoms with Crippen LogP contribution in [0, 0.1) is 5.92 Å². The molecule has 0 saturated carbocycles. The normalized spacial score (nSPS) is 21.8. The lowest BCUT2D eigenvalue weighted by molar-refractivity contribution is 0.0573. The predicted octanol–water partition coefficient (Wildman–Crippen LogP) is 1.97. The summed E-state index contributed by atoms with van der Waals surface area (Å²) in [5.41, 5.74) is 1.15. The second kappa shape index (κ2) is 7.64. The van der Waals surface area contributed by atoms with Gasteiger partial charge >= 0.3 is 0 Å². The summed E-state index contributed by atoms with van der Waals surface area (Å²) in [5.74, 6) is 0.261. The average molecular weight is 383 g/mol. The van der Waals surface area contributed by atoms with Crippen molar-refractivity contribution in [2.24, 2.45) is 5.92 Å². The summed E-state index contributed by atoms with van der Waals surface area (Å²) in [5, 5.41) is 0.651. The maximum atomic E-state index is 13.0. The number of carbonyl (C=O) groups is 2. The molecule has 2 bridgehead atoms. The second-order valence-electron chi connectivity index (χ2n) is 6.96. The van der Waals surface area contributed by atoms with E-state index in [0.717, 1.165) is 12.8 Å². The van der Waals surface area contributed by atoms with Crippen molar-refractivity contribution in [1.82, 2.24) is 24.8 Å². The summed E-state index contributed by atoms with van der Waals surface area (Å²) in [6.07, 6.45) is 10.3. The lowest BCUT2D eigenvalue weighted by atomic mass is 9.94. The fourth-order valence-electron chi connectivity index (χ4n) is 3.87. The number of hydrogen-bond acceptors (Lipinski definition) is 6. The first kappa shape index (κ1) is 17.9. The molecule has 2 aromatic rings. The van der Waals surface area contributed by atoms with Crippen molar-refractivity contribution in [1.29, 1.82) is 0 Å². The van der Waals surface area contributed by atoms with Crippen LogP contribution < -0.4 is 0 Å². The number of aromatic nitrogens is 3. The van der Waals surface area contributed by atoms with Crippen molar-refractivity contribution in [3.8, 4) is 0 Å². The van der Waals surface area contributed by atoms with Crippen molar-refractivity contribution in [3.63, 3.8) is 0 Å². The molecule has 3 aliphatic rings. The molecule has 0 aromatic carbocycles. The largest absolute Gasteiger partial charge is 0.336 e. The van der Waals surface area contributed by atoms with Gasteiger partial charge in [0, 0.05) is 56.0 Å². The van der Waals surface area contributed by atoms with E-state index in [1.807, 2.05) is 16.1 Å². The highest BCUT2D eigenvalue weighted by molar-refractivity contribution is 7.98. The highest BCUT2D eigenvalue weighted by atomic mass is 32.2. The number of pyridine rings is 1. The van der Waals surface area contributed by atoms with Crippen LogP contribution in [0.4, 0.5) is 0 Å². The van der Waals surface area contributed by atoms with Gasteiger partial charge in [0.15, 0.2) is 5.16 Å². The molecule has 140 valence electrons. The third kappa shape index (κ3) is 3.66. The molecule has 2 atom stereocenters. The summed E-state index contributed by atoms with van der Waals surface area (Å²) in [6, 6.07) is 3.51. The Labute approximate surface area is 162 Å². The van der Waals surface area contributed by atoms with Crippen LogP contribution in [-0.2, 0) is 0 Å². The summed E-state index contributed by atoms with van der Waals surface area (Å²) in [4.78, 5) is 42.1. The van der Waals surface area contributed by atoms with Crippen LogP contribution in [0.3, 0.4) is 0 Å². The standard InChI is InChI=1S/C19H21N5O2S/c1-27-19-21-8-15(9-22-19)18(26)24-11-13-2-3-16(24)12-23(10-13)17(25)14-4-6-20-7-5-14/h4-9,13,16H,2-3,10-12H2,1H3/t13-,16+/m0/s1. The molecular weight excluding hydrogens is 362 g/mol. The van der Waals surface area contributed by atoms with Crippen LogP contribution in [0.1, 0.15) is 33.6 Å². The van der Waals surface area contributed by atoms with Crippen LogP contribution in [0.15, 0.2) is 42.1 Å².